The molecule has 2 aromatic rings. The van der Waals surface area contributed by atoms with Crippen LogP contribution >= 0.6 is 0 Å². The maximum absolute atomic E-state index is 12.2. The van der Waals surface area contributed by atoms with Crippen LogP contribution in [0, 0.1) is 13.8 Å². The highest BCUT2D eigenvalue weighted by Crippen LogP contribution is 2.19. The molecule has 1 aliphatic carbocycles. The summed E-state index contributed by atoms with van der Waals surface area (Å²) in [5.41, 5.74) is 3.40. The van der Waals surface area contributed by atoms with Crippen molar-refractivity contribution < 1.29 is 14.3 Å². The summed E-state index contributed by atoms with van der Waals surface area (Å²) in [5.74, 6) is -0.793. The number of hydrogen-bond acceptors (Lipinski definition) is 5. The number of benzene rings is 1. The van der Waals surface area contributed by atoms with E-state index in [4.69, 9.17) is 4.74 Å². The van der Waals surface area contributed by atoms with E-state index in [0.717, 1.165) is 29.7 Å². The largest absolute Gasteiger partial charge is 0.449 e. The number of ether oxygens (including phenoxy) is 1. The molecule has 1 aliphatic rings. The first-order valence-corrected chi connectivity index (χ1v) is 7.70. The Balaban J connectivity index is 1.74. The lowest BCUT2D eigenvalue weighted by Crippen LogP contribution is -2.37. The second-order valence-corrected chi connectivity index (χ2v) is 5.93. The number of amides is 1. The molecule has 1 aromatic carbocycles. The lowest BCUT2D eigenvalue weighted by molar-refractivity contribution is -0.129. The van der Waals surface area contributed by atoms with Crippen molar-refractivity contribution in [3.63, 3.8) is 0 Å². The molecule has 1 aromatic heterocycles. The molecule has 0 unspecified atom stereocenters. The zero-order valence-electron chi connectivity index (χ0n) is 13.4. The van der Waals surface area contributed by atoms with Crippen LogP contribution in [-0.2, 0) is 9.53 Å². The summed E-state index contributed by atoms with van der Waals surface area (Å²) in [6, 6.07) is 5.26. The molecular weight excluding hydrogens is 294 g/mol. The monoisotopic (exact) mass is 313 g/mol. The first kappa shape index (κ1) is 15.4. The summed E-state index contributed by atoms with van der Waals surface area (Å²) in [5, 5.41) is 2.82. The topological polar surface area (TPSA) is 81.2 Å². The first-order chi connectivity index (χ1) is 10.9. The van der Waals surface area contributed by atoms with Gasteiger partial charge in [0.2, 0.25) is 0 Å². The van der Waals surface area contributed by atoms with E-state index in [9.17, 15) is 9.59 Å². The molecular formula is C17H19N3O3. The fourth-order valence-electron chi connectivity index (χ4n) is 2.19. The van der Waals surface area contributed by atoms with E-state index >= 15 is 0 Å². The standard InChI is InChI=1S/C17H19N3O3/c1-9-10(2)19-15-8-12(4-7-14(15)18-9)17(22)23-11(3)16(21)20-13-5-6-13/h4,7-8,11,13H,5-6H2,1-3H3,(H,20,21)/t11-/m0/s1. The van der Waals surface area contributed by atoms with Crippen molar-refractivity contribution in [2.24, 2.45) is 0 Å². The predicted octanol–water partition coefficient (Wildman–Crippen LogP) is 2.07. The van der Waals surface area contributed by atoms with Crippen LogP contribution in [-0.4, -0.2) is 34.0 Å². The van der Waals surface area contributed by atoms with E-state index in [1.165, 1.54) is 0 Å². The highest BCUT2D eigenvalue weighted by Gasteiger charge is 2.27. The Labute approximate surface area is 134 Å². The molecule has 6 nitrogen and oxygen atoms in total. The van der Waals surface area contributed by atoms with E-state index in [1.807, 2.05) is 13.8 Å². The quantitative estimate of drug-likeness (QED) is 0.874. The lowest BCUT2D eigenvalue weighted by atomic mass is 10.2. The third kappa shape index (κ3) is 3.47. The van der Waals surface area contributed by atoms with E-state index in [2.05, 4.69) is 15.3 Å². The zero-order valence-corrected chi connectivity index (χ0v) is 13.4. The van der Waals surface area contributed by atoms with Crippen molar-refractivity contribution in [1.82, 2.24) is 15.3 Å². The van der Waals surface area contributed by atoms with Gasteiger partial charge in [0.05, 0.1) is 28.0 Å². The average molecular weight is 313 g/mol. The fourth-order valence-corrected chi connectivity index (χ4v) is 2.19. The van der Waals surface area contributed by atoms with Crippen molar-refractivity contribution in [2.45, 2.75) is 45.8 Å². The Kier molecular flexibility index (Phi) is 3.98. The summed E-state index contributed by atoms with van der Waals surface area (Å²) in [4.78, 5) is 32.9. The number of carbonyl (C=O) groups excluding carboxylic acids is 2. The molecule has 3 rings (SSSR count). The number of rotatable bonds is 4. The molecule has 0 saturated heterocycles. The normalized spacial score (nSPS) is 15.3. The molecule has 1 amide bonds. The van der Waals surface area contributed by atoms with Crippen LogP contribution in [0.5, 0.6) is 0 Å². The maximum Gasteiger partial charge on any atom is 0.338 e. The fraction of sp³-hybridized carbons (Fsp3) is 0.412. The predicted molar refractivity (Wildman–Crippen MR) is 85.1 cm³/mol. The summed E-state index contributed by atoms with van der Waals surface area (Å²) < 4.78 is 5.23. The van der Waals surface area contributed by atoms with E-state index in [-0.39, 0.29) is 11.9 Å². The second-order valence-electron chi connectivity index (χ2n) is 5.93. The number of fused-ring (bicyclic) bond motifs is 1. The minimum Gasteiger partial charge on any atom is -0.449 e. The lowest BCUT2D eigenvalue weighted by Gasteiger charge is -2.13. The van der Waals surface area contributed by atoms with E-state index in [0.29, 0.717) is 11.1 Å². The van der Waals surface area contributed by atoms with Gasteiger partial charge < -0.3 is 10.1 Å². The Morgan fingerprint density at radius 3 is 2.48 bits per heavy atom. The molecule has 0 aliphatic heterocycles. The number of nitrogens with zero attached hydrogens (tertiary/aromatic N) is 2. The van der Waals surface area contributed by atoms with Crippen LogP contribution in [0.15, 0.2) is 18.2 Å². The van der Waals surface area contributed by atoms with Gasteiger partial charge in [-0.25, -0.2) is 14.8 Å². The number of esters is 1. The van der Waals surface area contributed by atoms with Gasteiger partial charge in [0.25, 0.3) is 5.91 Å². The first-order valence-electron chi connectivity index (χ1n) is 7.70. The third-order valence-corrected chi connectivity index (χ3v) is 3.89. The van der Waals surface area contributed by atoms with Gasteiger partial charge >= 0.3 is 5.97 Å². The number of nitrogens with one attached hydrogen (secondary N) is 1. The van der Waals surface area contributed by atoms with Crippen molar-refractivity contribution in [2.75, 3.05) is 0 Å². The van der Waals surface area contributed by atoms with Gasteiger partial charge in [-0.3, -0.25) is 4.79 Å². The Morgan fingerprint density at radius 2 is 1.83 bits per heavy atom. The van der Waals surface area contributed by atoms with Gasteiger partial charge in [0, 0.05) is 6.04 Å². The maximum atomic E-state index is 12.2. The summed E-state index contributed by atoms with van der Waals surface area (Å²) >= 11 is 0. The number of hydrogen-bond donors (Lipinski definition) is 1. The van der Waals surface area contributed by atoms with Crippen LogP contribution < -0.4 is 5.32 Å². The molecule has 1 N–H and O–H groups in total. The van der Waals surface area contributed by atoms with Crippen molar-refractivity contribution in [1.29, 1.82) is 0 Å². The van der Waals surface area contributed by atoms with Gasteiger partial charge in [0.15, 0.2) is 6.10 Å². The second kappa shape index (κ2) is 5.95. The van der Waals surface area contributed by atoms with Crippen LogP contribution in [0.3, 0.4) is 0 Å². The van der Waals surface area contributed by atoms with Crippen molar-refractivity contribution in [3.05, 3.63) is 35.2 Å². The SMILES string of the molecule is Cc1nc2ccc(C(=O)O[C@@H](C)C(=O)NC3CC3)cc2nc1C. The minimum absolute atomic E-state index is 0.241. The van der Waals surface area contributed by atoms with Gasteiger partial charge in [-0.15, -0.1) is 0 Å². The summed E-state index contributed by atoms with van der Waals surface area (Å²) in [7, 11) is 0. The third-order valence-electron chi connectivity index (χ3n) is 3.89. The van der Waals surface area contributed by atoms with E-state index in [1.54, 1.807) is 25.1 Å². The molecule has 0 bridgehead atoms. The highest BCUT2D eigenvalue weighted by molar-refractivity contribution is 5.95. The molecule has 1 fully saturated rings. The highest BCUT2D eigenvalue weighted by atomic mass is 16.5. The number of aromatic nitrogens is 2. The van der Waals surface area contributed by atoms with Crippen molar-refractivity contribution in [3.8, 4) is 0 Å². The smallest absolute Gasteiger partial charge is 0.338 e. The van der Waals surface area contributed by atoms with Gasteiger partial charge in [-0.05, 0) is 51.8 Å². The molecule has 1 saturated carbocycles. The van der Waals surface area contributed by atoms with E-state index < -0.39 is 12.1 Å². The molecule has 1 heterocycles. The molecule has 0 radical (unpaired) electrons. The molecule has 6 heteroatoms. The van der Waals surface area contributed by atoms with Gasteiger partial charge in [-0.1, -0.05) is 0 Å². The minimum atomic E-state index is -0.815. The molecule has 0 spiro atoms. The van der Waals surface area contributed by atoms with Crippen LogP contribution in [0.4, 0.5) is 0 Å². The molecule has 23 heavy (non-hydrogen) atoms. The Morgan fingerprint density at radius 1 is 1.17 bits per heavy atom. The van der Waals surface area contributed by atoms with Gasteiger partial charge in [-0.2, -0.15) is 0 Å². The van der Waals surface area contributed by atoms with Crippen LogP contribution in [0.2, 0.25) is 0 Å². The van der Waals surface area contributed by atoms with Crippen LogP contribution in [0.1, 0.15) is 41.5 Å². The van der Waals surface area contributed by atoms with Crippen molar-refractivity contribution >= 4 is 22.9 Å². The Hall–Kier alpha value is -2.50. The number of carbonyl (C=O) groups is 2. The molecule has 1 atom stereocenters. The van der Waals surface area contributed by atoms with Gasteiger partial charge in [0.1, 0.15) is 0 Å². The van der Waals surface area contributed by atoms with Crippen LogP contribution in [0.25, 0.3) is 11.0 Å². The summed E-state index contributed by atoms with van der Waals surface area (Å²) in [6.07, 6.45) is 1.17. The summed E-state index contributed by atoms with van der Waals surface area (Å²) in [6.45, 7) is 5.34. The number of aryl methyl sites for hydroxylation is 2. The molecule has 120 valence electrons. The Bertz CT molecular complexity index is 784. The average Bonchev–Trinajstić information content (AvgIpc) is 3.31. The zero-order chi connectivity index (χ0) is 16.6.